The first kappa shape index (κ1) is 12.9. The van der Waals surface area contributed by atoms with Crippen LogP contribution < -0.4 is 10.5 Å². The summed E-state index contributed by atoms with van der Waals surface area (Å²) >= 11 is 0. The Morgan fingerprint density at radius 3 is 2.37 bits per heavy atom. The van der Waals surface area contributed by atoms with Crippen molar-refractivity contribution in [1.82, 2.24) is 0 Å². The Morgan fingerprint density at radius 1 is 1.11 bits per heavy atom. The maximum atomic E-state index is 12.8. The Hall–Kier alpha value is -2.56. The van der Waals surface area contributed by atoms with E-state index in [0.717, 1.165) is 0 Å². The van der Waals surface area contributed by atoms with Gasteiger partial charge >= 0.3 is 5.97 Å². The third-order valence-corrected chi connectivity index (χ3v) is 2.48. The molecule has 0 heterocycles. The lowest BCUT2D eigenvalue weighted by Crippen LogP contribution is -2.05. The number of esters is 1. The Labute approximate surface area is 109 Å². The SMILES string of the molecule is COC(=O)c1cc(Oc2ccc(F)cc2)ccc1N. The van der Waals surface area contributed by atoms with Crippen LogP contribution >= 0.6 is 0 Å². The van der Waals surface area contributed by atoms with E-state index in [2.05, 4.69) is 4.74 Å². The summed E-state index contributed by atoms with van der Waals surface area (Å²) in [4.78, 5) is 11.5. The standard InChI is InChI=1S/C14H12FNO3/c1-18-14(17)12-8-11(6-7-13(12)16)19-10-4-2-9(15)3-5-10/h2-8H,16H2,1H3. The summed E-state index contributed by atoms with van der Waals surface area (Å²) in [5.41, 5.74) is 6.20. The zero-order valence-electron chi connectivity index (χ0n) is 10.2. The lowest BCUT2D eigenvalue weighted by atomic mass is 10.1. The number of anilines is 1. The van der Waals surface area contributed by atoms with Crippen molar-refractivity contribution < 1.29 is 18.7 Å². The second kappa shape index (κ2) is 5.39. The number of hydrogen-bond acceptors (Lipinski definition) is 4. The lowest BCUT2D eigenvalue weighted by molar-refractivity contribution is 0.0601. The van der Waals surface area contributed by atoms with Crippen LogP contribution in [-0.2, 0) is 4.74 Å². The van der Waals surface area contributed by atoms with Gasteiger partial charge < -0.3 is 15.2 Å². The van der Waals surface area contributed by atoms with E-state index in [4.69, 9.17) is 10.5 Å². The third-order valence-electron chi connectivity index (χ3n) is 2.48. The van der Waals surface area contributed by atoms with Crippen LogP contribution in [0.4, 0.5) is 10.1 Å². The van der Waals surface area contributed by atoms with E-state index < -0.39 is 5.97 Å². The van der Waals surface area contributed by atoms with Crippen LogP contribution in [0.25, 0.3) is 0 Å². The minimum absolute atomic E-state index is 0.224. The van der Waals surface area contributed by atoms with Gasteiger partial charge in [0.15, 0.2) is 0 Å². The molecule has 0 aliphatic heterocycles. The van der Waals surface area contributed by atoms with E-state index >= 15 is 0 Å². The van der Waals surface area contributed by atoms with E-state index in [-0.39, 0.29) is 11.4 Å². The number of nitrogens with two attached hydrogens (primary N) is 1. The van der Waals surface area contributed by atoms with Crippen molar-refractivity contribution >= 4 is 11.7 Å². The maximum Gasteiger partial charge on any atom is 0.340 e. The fourth-order valence-corrected chi connectivity index (χ4v) is 1.52. The Balaban J connectivity index is 2.26. The van der Waals surface area contributed by atoms with Crippen LogP contribution in [-0.4, -0.2) is 13.1 Å². The molecule has 0 aromatic heterocycles. The van der Waals surface area contributed by atoms with Crippen molar-refractivity contribution in [3.63, 3.8) is 0 Å². The second-order valence-corrected chi connectivity index (χ2v) is 3.80. The highest BCUT2D eigenvalue weighted by Crippen LogP contribution is 2.25. The number of carbonyl (C=O) groups is 1. The lowest BCUT2D eigenvalue weighted by Gasteiger charge is -2.08. The van der Waals surface area contributed by atoms with Crippen LogP contribution in [0, 0.1) is 5.82 Å². The molecule has 2 N–H and O–H groups in total. The molecular formula is C14H12FNO3. The van der Waals surface area contributed by atoms with Gasteiger partial charge in [-0.1, -0.05) is 0 Å². The van der Waals surface area contributed by atoms with E-state index in [0.29, 0.717) is 17.2 Å². The highest BCUT2D eigenvalue weighted by molar-refractivity contribution is 5.95. The van der Waals surface area contributed by atoms with E-state index in [1.807, 2.05) is 0 Å². The predicted molar refractivity (Wildman–Crippen MR) is 68.7 cm³/mol. The molecule has 19 heavy (non-hydrogen) atoms. The zero-order chi connectivity index (χ0) is 13.8. The first-order valence-corrected chi connectivity index (χ1v) is 5.51. The molecule has 0 unspecified atom stereocenters. The summed E-state index contributed by atoms with van der Waals surface area (Å²) in [6.45, 7) is 0. The van der Waals surface area contributed by atoms with Gasteiger partial charge in [0.1, 0.15) is 17.3 Å². The summed E-state index contributed by atoms with van der Waals surface area (Å²) in [5, 5.41) is 0. The molecule has 98 valence electrons. The van der Waals surface area contributed by atoms with Gasteiger partial charge in [0.25, 0.3) is 0 Å². The van der Waals surface area contributed by atoms with E-state index in [1.165, 1.54) is 37.4 Å². The van der Waals surface area contributed by atoms with Crippen molar-refractivity contribution in [2.45, 2.75) is 0 Å². The quantitative estimate of drug-likeness (QED) is 0.681. The van der Waals surface area contributed by atoms with Crippen molar-refractivity contribution in [3.05, 3.63) is 53.8 Å². The largest absolute Gasteiger partial charge is 0.465 e. The fraction of sp³-hybridized carbons (Fsp3) is 0.0714. The normalized spacial score (nSPS) is 10.0. The average molecular weight is 261 g/mol. The van der Waals surface area contributed by atoms with Gasteiger partial charge in [-0.3, -0.25) is 0 Å². The average Bonchev–Trinajstić information content (AvgIpc) is 2.42. The number of carbonyl (C=O) groups excluding carboxylic acids is 1. The highest BCUT2D eigenvalue weighted by atomic mass is 19.1. The molecule has 0 bridgehead atoms. The number of nitrogen functional groups attached to an aromatic ring is 1. The molecule has 2 aromatic rings. The first-order valence-electron chi connectivity index (χ1n) is 5.51. The molecule has 4 nitrogen and oxygen atoms in total. The molecule has 0 saturated heterocycles. The smallest absolute Gasteiger partial charge is 0.340 e. The monoisotopic (exact) mass is 261 g/mol. The van der Waals surface area contributed by atoms with Crippen LogP contribution in [0.3, 0.4) is 0 Å². The summed E-state index contributed by atoms with van der Waals surface area (Å²) in [6.07, 6.45) is 0. The fourth-order valence-electron chi connectivity index (χ4n) is 1.52. The number of hydrogen-bond donors (Lipinski definition) is 1. The predicted octanol–water partition coefficient (Wildman–Crippen LogP) is 2.99. The molecule has 0 saturated carbocycles. The van der Waals surface area contributed by atoms with E-state index in [1.54, 1.807) is 12.1 Å². The second-order valence-electron chi connectivity index (χ2n) is 3.80. The van der Waals surface area contributed by atoms with Crippen LogP contribution in [0.1, 0.15) is 10.4 Å². The summed E-state index contributed by atoms with van der Waals surface area (Å²) < 4.78 is 22.9. The number of benzene rings is 2. The number of methoxy groups -OCH3 is 1. The van der Waals surface area contributed by atoms with Crippen LogP contribution in [0.5, 0.6) is 11.5 Å². The third kappa shape index (κ3) is 3.01. The summed E-state index contributed by atoms with van der Waals surface area (Å²) in [7, 11) is 1.27. The summed E-state index contributed by atoms with van der Waals surface area (Å²) in [5.74, 6) is -0.00911. The summed E-state index contributed by atoms with van der Waals surface area (Å²) in [6, 6.07) is 10.2. The maximum absolute atomic E-state index is 12.8. The Kier molecular flexibility index (Phi) is 3.66. The number of halogens is 1. The molecule has 0 fully saturated rings. The minimum atomic E-state index is -0.540. The molecular weight excluding hydrogens is 249 g/mol. The van der Waals surface area contributed by atoms with Crippen molar-refractivity contribution in [2.24, 2.45) is 0 Å². The number of rotatable bonds is 3. The van der Waals surface area contributed by atoms with Crippen molar-refractivity contribution in [2.75, 3.05) is 12.8 Å². The highest BCUT2D eigenvalue weighted by Gasteiger charge is 2.11. The zero-order valence-corrected chi connectivity index (χ0v) is 10.2. The van der Waals surface area contributed by atoms with Gasteiger partial charge in [-0.05, 0) is 42.5 Å². The van der Waals surface area contributed by atoms with Gasteiger partial charge in [-0.15, -0.1) is 0 Å². The van der Waals surface area contributed by atoms with Crippen molar-refractivity contribution in [1.29, 1.82) is 0 Å². The molecule has 2 rings (SSSR count). The molecule has 0 aliphatic rings. The first-order chi connectivity index (χ1) is 9.10. The molecule has 5 heteroatoms. The minimum Gasteiger partial charge on any atom is -0.465 e. The van der Waals surface area contributed by atoms with Gasteiger partial charge in [0.05, 0.1) is 12.7 Å². The number of ether oxygens (including phenoxy) is 2. The van der Waals surface area contributed by atoms with Gasteiger partial charge in [-0.25, -0.2) is 9.18 Å². The molecule has 2 aromatic carbocycles. The molecule has 0 atom stereocenters. The van der Waals surface area contributed by atoms with Crippen molar-refractivity contribution in [3.8, 4) is 11.5 Å². The Morgan fingerprint density at radius 2 is 1.74 bits per heavy atom. The van der Waals surface area contributed by atoms with Gasteiger partial charge in [0.2, 0.25) is 0 Å². The van der Waals surface area contributed by atoms with E-state index in [9.17, 15) is 9.18 Å². The Bertz CT molecular complexity index is 596. The topological polar surface area (TPSA) is 61.5 Å². The molecule has 0 aliphatic carbocycles. The van der Waals surface area contributed by atoms with Crippen LogP contribution in [0.2, 0.25) is 0 Å². The van der Waals surface area contributed by atoms with Gasteiger partial charge in [0, 0.05) is 5.69 Å². The molecule has 0 spiro atoms. The molecule has 0 amide bonds. The van der Waals surface area contributed by atoms with Gasteiger partial charge in [-0.2, -0.15) is 0 Å². The molecule has 0 radical (unpaired) electrons. The van der Waals surface area contributed by atoms with Crippen LogP contribution in [0.15, 0.2) is 42.5 Å².